The smallest absolute Gasteiger partial charge is 0.137 e. The van der Waals surface area contributed by atoms with Crippen LogP contribution in [-0.4, -0.2) is 40.5 Å². The van der Waals surface area contributed by atoms with Crippen LogP contribution in [0.4, 0.5) is 0 Å². The van der Waals surface area contributed by atoms with Crippen molar-refractivity contribution < 1.29 is 0 Å². The quantitative estimate of drug-likeness (QED) is 0.942. The Labute approximate surface area is 126 Å². The summed E-state index contributed by atoms with van der Waals surface area (Å²) in [5.41, 5.74) is 3.60. The van der Waals surface area contributed by atoms with Crippen LogP contribution in [0.15, 0.2) is 24.5 Å². The second-order valence-electron chi connectivity index (χ2n) is 5.54. The van der Waals surface area contributed by atoms with E-state index in [4.69, 9.17) is 0 Å². The van der Waals surface area contributed by atoms with Gasteiger partial charge in [-0.15, -0.1) is 12.4 Å². The summed E-state index contributed by atoms with van der Waals surface area (Å²) in [6.45, 7) is 5.42. The first-order valence-electron chi connectivity index (χ1n) is 7.08. The normalized spacial score (nSPS) is 20.0. The summed E-state index contributed by atoms with van der Waals surface area (Å²) in [4.78, 5) is 7.03. The number of aromatic nitrogens is 2. The maximum Gasteiger partial charge on any atom is 0.137 e. The molecule has 1 atom stereocenters. The Morgan fingerprint density at radius 1 is 1.45 bits per heavy atom. The van der Waals surface area contributed by atoms with Crippen molar-refractivity contribution in [1.29, 1.82) is 0 Å². The third kappa shape index (κ3) is 3.14. The lowest BCUT2D eigenvalue weighted by atomic mass is 10.1. The van der Waals surface area contributed by atoms with Gasteiger partial charge in [-0.25, -0.2) is 4.98 Å². The van der Waals surface area contributed by atoms with E-state index in [0.717, 1.165) is 18.7 Å². The molecular weight excluding hydrogens is 272 g/mol. The molecule has 1 fully saturated rings. The zero-order valence-corrected chi connectivity index (χ0v) is 13.0. The third-order valence-corrected chi connectivity index (χ3v) is 4.04. The van der Waals surface area contributed by atoms with Gasteiger partial charge in [-0.05, 0) is 51.1 Å². The number of halogens is 1. The minimum Gasteiger partial charge on any atom is -0.316 e. The van der Waals surface area contributed by atoms with Gasteiger partial charge in [-0.2, -0.15) is 0 Å². The molecule has 1 aliphatic rings. The fourth-order valence-corrected chi connectivity index (χ4v) is 2.92. The summed E-state index contributed by atoms with van der Waals surface area (Å²) in [5, 5.41) is 3.39. The van der Waals surface area contributed by atoms with E-state index < -0.39 is 0 Å². The van der Waals surface area contributed by atoms with Gasteiger partial charge >= 0.3 is 0 Å². The molecule has 2 aromatic heterocycles. The van der Waals surface area contributed by atoms with E-state index in [1.165, 1.54) is 30.6 Å². The Morgan fingerprint density at radius 2 is 2.30 bits per heavy atom. The highest BCUT2D eigenvalue weighted by molar-refractivity contribution is 5.85. The van der Waals surface area contributed by atoms with E-state index in [1.807, 2.05) is 6.20 Å². The standard InChI is InChI=1S/C15H22N4.ClH/c1-12-5-7-19-14(9-17-15(19)8-12)11-18-6-3-4-13(10-18)16-2;/h5,7-9,13,16H,3-4,6,10-11H2,1-2H3;1H. The lowest BCUT2D eigenvalue weighted by Crippen LogP contribution is -2.44. The summed E-state index contributed by atoms with van der Waals surface area (Å²) >= 11 is 0. The SMILES string of the molecule is CNC1CCCN(Cc2cnc3cc(C)ccn23)C1.Cl. The monoisotopic (exact) mass is 294 g/mol. The number of likely N-dealkylation sites (tertiary alicyclic amines) is 1. The van der Waals surface area contributed by atoms with Crippen LogP contribution in [0.2, 0.25) is 0 Å². The number of hydrogen-bond donors (Lipinski definition) is 1. The maximum absolute atomic E-state index is 4.50. The molecule has 0 amide bonds. The molecule has 5 heteroatoms. The van der Waals surface area contributed by atoms with Gasteiger partial charge in [-0.1, -0.05) is 0 Å². The van der Waals surface area contributed by atoms with Gasteiger partial charge < -0.3 is 9.72 Å². The molecule has 20 heavy (non-hydrogen) atoms. The first kappa shape index (κ1) is 15.3. The highest BCUT2D eigenvalue weighted by Gasteiger charge is 2.19. The highest BCUT2D eigenvalue weighted by atomic mass is 35.5. The molecule has 0 bridgehead atoms. The molecule has 1 saturated heterocycles. The lowest BCUT2D eigenvalue weighted by molar-refractivity contribution is 0.186. The van der Waals surface area contributed by atoms with Crippen molar-refractivity contribution in [2.24, 2.45) is 0 Å². The first-order chi connectivity index (χ1) is 9.26. The Balaban J connectivity index is 0.00000147. The highest BCUT2D eigenvalue weighted by Crippen LogP contribution is 2.15. The van der Waals surface area contributed by atoms with Gasteiger partial charge in [0.1, 0.15) is 5.65 Å². The summed E-state index contributed by atoms with van der Waals surface area (Å²) < 4.78 is 2.20. The van der Waals surface area contributed by atoms with Crippen LogP contribution in [0, 0.1) is 6.92 Å². The molecule has 1 unspecified atom stereocenters. The van der Waals surface area contributed by atoms with Crippen LogP contribution in [0.1, 0.15) is 24.1 Å². The summed E-state index contributed by atoms with van der Waals surface area (Å²) in [5.74, 6) is 0. The van der Waals surface area contributed by atoms with Crippen molar-refractivity contribution in [2.45, 2.75) is 32.4 Å². The molecule has 1 aliphatic heterocycles. The van der Waals surface area contributed by atoms with E-state index in [2.05, 4.69) is 51.9 Å². The van der Waals surface area contributed by atoms with Gasteiger partial charge in [0.15, 0.2) is 0 Å². The second kappa shape index (κ2) is 6.57. The van der Waals surface area contributed by atoms with Crippen molar-refractivity contribution >= 4 is 18.1 Å². The second-order valence-corrected chi connectivity index (χ2v) is 5.54. The zero-order chi connectivity index (χ0) is 13.2. The largest absolute Gasteiger partial charge is 0.316 e. The van der Waals surface area contributed by atoms with Crippen LogP contribution in [-0.2, 0) is 6.54 Å². The average Bonchev–Trinajstić information content (AvgIpc) is 2.81. The van der Waals surface area contributed by atoms with Gasteiger partial charge in [0.25, 0.3) is 0 Å². The molecule has 3 rings (SSSR count). The molecule has 0 saturated carbocycles. The molecule has 4 nitrogen and oxygen atoms in total. The zero-order valence-electron chi connectivity index (χ0n) is 12.2. The van der Waals surface area contributed by atoms with Crippen molar-refractivity contribution in [1.82, 2.24) is 19.6 Å². The fourth-order valence-electron chi connectivity index (χ4n) is 2.92. The maximum atomic E-state index is 4.50. The number of hydrogen-bond acceptors (Lipinski definition) is 3. The lowest BCUT2D eigenvalue weighted by Gasteiger charge is -2.32. The molecule has 0 spiro atoms. The van der Waals surface area contributed by atoms with Crippen molar-refractivity contribution in [3.05, 3.63) is 35.8 Å². The Hall–Kier alpha value is -1.10. The summed E-state index contributed by atoms with van der Waals surface area (Å²) in [6, 6.07) is 4.91. The summed E-state index contributed by atoms with van der Waals surface area (Å²) in [7, 11) is 2.06. The molecule has 2 aromatic rings. The van der Waals surface area contributed by atoms with Crippen LogP contribution in [0.25, 0.3) is 5.65 Å². The van der Waals surface area contributed by atoms with Crippen molar-refractivity contribution in [3.8, 4) is 0 Å². The number of nitrogens with one attached hydrogen (secondary N) is 1. The predicted octanol–water partition coefficient (Wildman–Crippen LogP) is 2.25. The number of pyridine rings is 1. The molecule has 1 N–H and O–H groups in total. The number of fused-ring (bicyclic) bond motifs is 1. The van der Waals surface area contributed by atoms with E-state index in [-0.39, 0.29) is 12.4 Å². The van der Waals surface area contributed by atoms with Gasteiger partial charge in [-0.3, -0.25) is 4.90 Å². The number of likely N-dealkylation sites (N-methyl/N-ethyl adjacent to an activating group) is 1. The van der Waals surface area contributed by atoms with Gasteiger partial charge in [0.05, 0.1) is 11.9 Å². The van der Waals surface area contributed by atoms with Crippen molar-refractivity contribution in [3.63, 3.8) is 0 Å². The first-order valence-corrected chi connectivity index (χ1v) is 7.08. The van der Waals surface area contributed by atoms with E-state index in [1.54, 1.807) is 0 Å². The van der Waals surface area contributed by atoms with Gasteiger partial charge in [0, 0.05) is 25.3 Å². The van der Waals surface area contributed by atoms with E-state index >= 15 is 0 Å². The van der Waals surface area contributed by atoms with Gasteiger partial charge in [0.2, 0.25) is 0 Å². The molecular formula is C15H23ClN4. The van der Waals surface area contributed by atoms with Crippen LogP contribution < -0.4 is 5.32 Å². The topological polar surface area (TPSA) is 32.6 Å². The number of imidazole rings is 1. The number of aryl methyl sites for hydroxylation is 1. The van der Waals surface area contributed by atoms with Crippen LogP contribution in [0.5, 0.6) is 0 Å². The minimum atomic E-state index is 0. The van der Waals surface area contributed by atoms with E-state index in [0.29, 0.717) is 6.04 Å². The Morgan fingerprint density at radius 3 is 3.10 bits per heavy atom. The predicted molar refractivity (Wildman–Crippen MR) is 84.5 cm³/mol. The number of rotatable bonds is 3. The van der Waals surface area contributed by atoms with Crippen molar-refractivity contribution in [2.75, 3.05) is 20.1 Å². The minimum absolute atomic E-state index is 0. The van der Waals surface area contributed by atoms with E-state index in [9.17, 15) is 0 Å². The van der Waals surface area contributed by atoms with Crippen LogP contribution in [0.3, 0.4) is 0 Å². The Kier molecular flexibility index (Phi) is 5.02. The third-order valence-electron chi connectivity index (χ3n) is 4.04. The van der Waals surface area contributed by atoms with Crippen LogP contribution >= 0.6 is 12.4 Å². The molecule has 110 valence electrons. The fraction of sp³-hybridized carbons (Fsp3) is 0.533. The summed E-state index contributed by atoms with van der Waals surface area (Å²) in [6.07, 6.45) is 6.71. The molecule has 0 aromatic carbocycles. The average molecular weight is 295 g/mol. The Bertz CT molecular complexity index is 566. The molecule has 0 aliphatic carbocycles. The molecule has 3 heterocycles. The number of piperidine rings is 1. The number of nitrogens with zero attached hydrogens (tertiary/aromatic N) is 3. The molecule has 0 radical (unpaired) electrons.